The summed E-state index contributed by atoms with van der Waals surface area (Å²) in [6, 6.07) is 1.97. The van der Waals surface area contributed by atoms with Gasteiger partial charge < -0.3 is 10.2 Å². The van der Waals surface area contributed by atoms with E-state index in [0.29, 0.717) is 19.6 Å². The lowest BCUT2D eigenvalue weighted by Gasteiger charge is -2.34. The van der Waals surface area contributed by atoms with Gasteiger partial charge in [0, 0.05) is 43.0 Å². The van der Waals surface area contributed by atoms with Crippen LogP contribution in [0.3, 0.4) is 0 Å². The third kappa shape index (κ3) is 3.37. The third-order valence-electron chi connectivity index (χ3n) is 3.58. The summed E-state index contributed by atoms with van der Waals surface area (Å²) < 4.78 is 0. The van der Waals surface area contributed by atoms with E-state index in [1.54, 1.807) is 18.4 Å². The molecule has 110 valence electrons. The molecule has 0 aromatic carbocycles. The molecule has 0 bridgehead atoms. The van der Waals surface area contributed by atoms with Gasteiger partial charge >= 0.3 is 0 Å². The van der Waals surface area contributed by atoms with E-state index in [2.05, 4.69) is 10.2 Å². The molecule has 1 saturated heterocycles. The lowest BCUT2D eigenvalue weighted by Crippen LogP contribution is -2.50. The van der Waals surface area contributed by atoms with Crippen LogP contribution in [0.2, 0.25) is 0 Å². The van der Waals surface area contributed by atoms with Gasteiger partial charge in [-0.05, 0) is 19.9 Å². The van der Waals surface area contributed by atoms with Crippen LogP contribution >= 0.6 is 11.3 Å². The smallest absolute Gasteiger partial charge is 0.255 e. The van der Waals surface area contributed by atoms with Crippen molar-refractivity contribution >= 4 is 23.2 Å². The van der Waals surface area contributed by atoms with Crippen molar-refractivity contribution in [3.05, 3.63) is 21.4 Å². The summed E-state index contributed by atoms with van der Waals surface area (Å²) in [5, 5.41) is 2.62. The van der Waals surface area contributed by atoms with Gasteiger partial charge in [0.15, 0.2) is 0 Å². The Hall–Kier alpha value is -1.40. The van der Waals surface area contributed by atoms with Crippen LogP contribution in [0, 0.1) is 13.8 Å². The Morgan fingerprint density at radius 2 is 1.90 bits per heavy atom. The molecule has 0 aliphatic carbocycles. The number of rotatable bonds is 3. The van der Waals surface area contributed by atoms with Gasteiger partial charge in [-0.3, -0.25) is 14.5 Å². The molecule has 1 N–H and O–H groups in total. The van der Waals surface area contributed by atoms with E-state index >= 15 is 0 Å². The number of nitrogens with one attached hydrogen (secondary N) is 1. The highest BCUT2D eigenvalue weighted by atomic mass is 32.1. The maximum absolute atomic E-state index is 12.5. The van der Waals surface area contributed by atoms with E-state index in [1.807, 2.05) is 24.8 Å². The van der Waals surface area contributed by atoms with E-state index in [1.165, 1.54) is 4.88 Å². The molecule has 0 radical (unpaired) electrons. The largest absolute Gasteiger partial charge is 0.358 e. The van der Waals surface area contributed by atoms with Gasteiger partial charge in [0.25, 0.3) is 5.91 Å². The highest BCUT2D eigenvalue weighted by Crippen LogP contribution is 2.22. The summed E-state index contributed by atoms with van der Waals surface area (Å²) in [6.07, 6.45) is 0. The minimum Gasteiger partial charge on any atom is -0.358 e. The first-order valence-corrected chi connectivity index (χ1v) is 7.62. The minimum absolute atomic E-state index is 0.0223. The molecule has 0 atom stereocenters. The Morgan fingerprint density at radius 1 is 1.25 bits per heavy atom. The summed E-state index contributed by atoms with van der Waals surface area (Å²) in [7, 11) is 1.64. The zero-order valence-corrected chi connectivity index (χ0v) is 13.0. The molecule has 1 aliphatic heterocycles. The summed E-state index contributed by atoms with van der Waals surface area (Å²) in [6.45, 7) is 7.30. The fourth-order valence-corrected chi connectivity index (χ4v) is 3.32. The quantitative estimate of drug-likeness (QED) is 0.900. The number of aryl methyl sites for hydroxylation is 2. The van der Waals surface area contributed by atoms with Crippen LogP contribution in [-0.4, -0.2) is 61.4 Å². The lowest BCUT2D eigenvalue weighted by molar-refractivity contribution is -0.122. The van der Waals surface area contributed by atoms with Gasteiger partial charge in [0.1, 0.15) is 0 Å². The predicted octanol–water partition coefficient (Wildman–Crippen LogP) is 0.869. The van der Waals surface area contributed by atoms with Gasteiger partial charge in [0.05, 0.1) is 12.1 Å². The first-order chi connectivity index (χ1) is 9.51. The number of likely N-dealkylation sites (N-methyl/N-ethyl adjacent to an activating group) is 1. The summed E-state index contributed by atoms with van der Waals surface area (Å²) in [4.78, 5) is 30.0. The van der Waals surface area contributed by atoms with Crippen molar-refractivity contribution in [2.24, 2.45) is 0 Å². The number of amides is 2. The number of carbonyl (C=O) groups excluding carboxylic acids is 2. The van der Waals surface area contributed by atoms with E-state index in [9.17, 15) is 9.59 Å². The number of carbonyl (C=O) groups is 2. The molecule has 0 saturated carbocycles. The second kappa shape index (κ2) is 6.37. The van der Waals surface area contributed by atoms with Gasteiger partial charge in [-0.1, -0.05) is 0 Å². The average molecular weight is 295 g/mol. The highest BCUT2D eigenvalue weighted by molar-refractivity contribution is 7.12. The fraction of sp³-hybridized carbons (Fsp3) is 0.571. The molecular formula is C14H21N3O2S. The number of hydrogen-bond donors (Lipinski definition) is 1. The number of hydrogen-bond acceptors (Lipinski definition) is 4. The Morgan fingerprint density at radius 3 is 2.40 bits per heavy atom. The van der Waals surface area contributed by atoms with E-state index < -0.39 is 0 Å². The fourth-order valence-electron chi connectivity index (χ4n) is 2.40. The van der Waals surface area contributed by atoms with Crippen molar-refractivity contribution in [3.8, 4) is 0 Å². The molecule has 2 rings (SSSR count). The molecule has 2 amide bonds. The maximum atomic E-state index is 12.5. The van der Waals surface area contributed by atoms with Crippen LogP contribution in [0.15, 0.2) is 6.07 Å². The molecule has 0 spiro atoms. The van der Waals surface area contributed by atoms with E-state index in [0.717, 1.165) is 23.5 Å². The Labute approximate surface area is 123 Å². The van der Waals surface area contributed by atoms with Gasteiger partial charge in [-0.25, -0.2) is 0 Å². The Bertz CT molecular complexity index is 505. The summed E-state index contributed by atoms with van der Waals surface area (Å²) in [5.74, 6) is 0.139. The van der Waals surface area contributed by atoms with Crippen molar-refractivity contribution in [1.29, 1.82) is 0 Å². The van der Waals surface area contributed by atoms with Crippen molar-refractivity contribution < 1.29 is 9.59 Å². The van der Waals surface area contributed by atoms with Gasteiger partial charge in [-0.2, -0.15) is 0 Å². The molecule has 1 aromatic heterocycles. The highest BCUT2D eigenvalue weighted by Gasteiger charge is 2.24. The van der Waals surface area contributed by atoms with E-state index in [-0.39, 0.29) is 11.8 Å². The van der Waals surface area contributed by atoms with Gasteiger partial charge in [0.2, 0.25) is 5.91 Å². The monoisotopic (exact) mass is 295 g/mol. The predicted molar refractivity (Wildman–Crippen MR) is 80.2 cm³/mol. The normalized spacial score (nSPS) is 16.2. The molecule has 1 aliphatic rings. The van der Waals surface area contributed by atoms with Crippen LogP contribution < -0.4 is 5.32 Å². The second-order valence-electron chi connectivity index (χ2n) is 5.07. The standard InChI is InChI=1S/C14H21N3O2S/c1-10-8-12(11(2)20-10)14(19)17-6-4-16(5-7-17)9-13(18)15-3/h8H,4-7,9H2,1-3H3,(H,15,18). The topological polar surface area (TPSA) is 52.7 Å². The van der Waals surface area contributed by atoms with Crippen LogP contribution in [0.25, 0.3) is 0 Å². The number of piperazine rings is 1. The summed E-state index contributed by atoms with van der Waals surface area (Å²) in [5.41, 5.74) is 0.826. The molecule has 20 heavy (non-hydrogen) atoms. The van der Waals surface area contributed by atoms with Crippen molar-refractivity contribution in [3.63, 3.8) is 0 Å². The van der Waals surface area contributed by atoms with Crippen molar-refractivity contribution in [1.82, 2.24) is 15.1 Å². The Kier molecular flexibility index (Phi) is 4.77. The maximum Gasteiger partial charge on any atom is 0.255 e. The average Bonchev–Trinajstić information content (AvgIpc) is 2.77. The molecule has 1 fully saturated rings. The molecule has 0 unspecified atom stereocenters. The first-order valence-electron chi connectivity index (χ1n) is 6.80. The molecular weight excluding hydrogens is 274 g/mol. The zero-order valence-electron chi connectivity index (χ0n) is 12.2. The molecule has 5 nitrogen and oxygen atoms in total. The van der Waals surface area contributed by atoms with Crippen LogP contribution in [0.1, 0.15) is 20.1 Å². The first kappa shape index (κ1) is 15.0. The van der Waals surface area contributed by atoms with Gasteiger partial charge in [-0.15, -0.1) is 11.3 Å². The number of nitrogens with zero attached hydrogens (tertiary/aromatic N) is 2. The third-order valence-corrected chi connectivity index (χ3v) is 4.54. The van der Waals surface area contributed by atoms with Crippen LogP contribution in [0.4, 0.5) is 0 Å². The molecule has 2 heterocycles. The van der Waals surface area contributed by atoms with Crippen LogP contribution in [-0.2, 0) is 4.79 Å². The Balaban J connectivity index is 1.92. The SMILES string of the molecule is CNC(=O)CN1CCN(C(=O)c2cc(C)sc2C)CC1. The van der Waals surface area contributed by atoms with Crippen molar-refractivity contribution in [2.45, 2.75) is 13.8 Å². The minimum atomic E-state index is 0.0223. The van der Waals surface area contributed by atoms with Crippen LogP contribution in [0.5, 0.6) is 0 Å². The summed E-state index contributed by atoms with van der Waals surface area (Å²) >= 11 is 1.66. The van der Waals surface area contributed by atoms with Crippen molar-refractivity contribution in [2.75, 3.05) is 39.8 Å². The van der Waals surface area contributed by atoms with E-state index in [4.69, 9.17) is 0 Å². The number of thiophene rings is 1. The zero-order chi connectivity index (χ0) is 14.7. The molecule has 1 aromatic rings. The lowest BCUT2D eigenvalue weighted by atomic mass is 10.2. The molecule has 6 heteroatoms. The second-order valence-corrected chi connectivity index (χ2v) is 6.53.